The van der Waals surface area contributed by atoms with Crippen molar-refractivity contribution in [1.82, 2.24) is 0 Å². The largest absolute Gasteiger partial charge is 0.493 e. The van der Waals surface area contributed by atoms with E-state index in [4.69, 9.17) is 9.84 Å². The van der Waals surface area contributed by atoms with Crippen molar-refractivity contribution in [2.24, 2.45) is 0 Å². The fourth-order valence-corrected chi connectivity index (χ4v) is 2.04. The van der Waals surface area contributed by atoms with Crippen LogP contribution in [0.3, 0.4) is 0 Å². The topological polar surface area (TPSA) is 80.7 Å². The summed E-state index contributed by atoms with van der Waals surface area (Å²) in [4.78, 5) is 10.2. The number of halogens is 1. The van der Waals surface area contributed by atoms with Crippen LogP contribution in [0.4, 0.5) is 4.39 Å². The van der Waals surface area contributed by atoms with E-state index >= 15 is 0 Å². The van der Waals surface area contributed by atoms with Crippen LogP contribution in [0, 0.1) is 5.82 Å². The van der Waals surface area contributed by atoms with Crippen molar-refractivity contribution in [3.8, 4) is 5.75 Å². The number of hydrogen-bond donors (Lipinski definition) is 1. The van der Waals surface area contributed by atoms with E-state index in [2.05, 4.69) is 0 Å². The average molecular weight is 262 g/mol. The molecular weight excluding hydrogens is 251 g/mol. The van der Waals surface area contributed by atoms with Crippen LogP contribution in [0.25, 0.3) is 0 Å². The first-order chi connectivity index (χ1) is 7.79. The van der Waals surface area contributed by atoms with Crippen molar-refractivity contribution in [2.45, 2.75) is 11.8 Å². The molecule has 1 aromatic carbocycles. The fraction of sp³-hybridized carbons (Fsp3) is 0.300. The van der Waals surface area contributed by atoms with Crippen molar-refractivity contribution in [3.63, 3.8) is 0 Å². The number of ether oxygens (including phenoxy) is 1. The number of sulfone groups is 1. The molecular formula is C10H11FO5S. The Labute approximate surface area is 97.8 Å². The van der Waals surface area contributed by atoms with E-state index in [1.54, 1.807) is 6.92 Å². The summed E-state index contributed by atoms with van der Waals surface area (Å²) in [6.07, 6.45) is 0.803. The van der Waals surface area contributed by atoms with Crippen molar-refractivity contribution in [2.75, 3.05) is 12.9 Å². The minimum Gasteiger partial charge on any atom is -0.493 e. The van der Waals surface area contributed by atoms with Crippen LogP contribution >= 0.6 is 0 Å². The fourth-order valence-electron chi connectivity index (χ4n) is 1.30. The Bertz CT molecular complexity index is 550. The van der Waals surface area contributed by atoms with Gasteiger partial charge in [0.25, 0.3) is 0 Å². The number of carbonyl (C=O) groups is 1. The molecule has 0 aliphatic heterocycles. The maximum absolute atomic E-state index is 13.8. The first kappa shape index (κ1) is 13.4. The SMILES string of the molecule is CCOc1ccc(S(C)(=O)=O)c(F)c1C(=O)O. The molecule has 7 heteroatoms. The molecule has 1 N–H and O–H groups in total. The smallest absolute Gasteiger partial charge is 0.342 e. The number of benzene rings is 1. The number of aromatic carboxylic acids is 1. The van der Waals surface area contributed by atoms with Gasteiger partial charge in [-0.15, -0.1) is 0 Å². The summed E-state index contributed by atoms with van der Waals surface area (Å²) in [6, 6.07) is 2.12. The molecule has 0 saturated heterocycles. The first-order valence-corrected chi connectivity index (χ1v) is 6.56. The van der Waals surface area contributed by atoms with Gasteiger partial charge in [0, 0.05) is 6.26 Å². The van der Waals surface area contributed by atoms with Crippen LogP contribution < -0.4 is 4.74 Å². The van der Waals surface area contributed by atoms with Gasteiger partial charge in [-0.1, -0.05) is 0 Å². The van der Waals surface area contributed by atoms with Crippen molar-refractivity contribution >= 4 is 15.8 Å². The molecule has 5 nitrogen and oxygen atoms in total. The summed E-state index contributed by atoms with van der Waals surface area (Å²) in [7, 11) is -3.82. The summed E-state index contributed by atoms with van der Waals surface area (Å²) in [5.41, 5.74) is -0.769. The van der Waals surface area contributed by atoms with Crippen molar-refractivity contribution in [3.05, 3.63) is 23.5 Å². The van der Waals surface area contributed by atoms with Crippen molar-refractivity contribution < 1.29 is 27.4 Å². The van der Waals surface area contributed by atoms with Gasteiger partial charge in [-0.05, 0) is 19.1 Å². The lowest BCUT2D eigenvalue weighted by molar-refractivity contribution is 0.0686. The summed E-state index contributed by atoms with van der Waals surface area (Å²) < 4.78 is 41.1. The van der Waals surface area contributed by atoms with E-state index in [1.165, 1.54) is 0 Å². The van der Waals surface area contributed by atoms with E-state index in [1.807, 2.05) is 0 Å². The predicted octanol–water partition coefficient (Wildman–Crippen LogP) is 1.33. The summed E-state index contributed by atoms with van der Waals surface area (Å²) >= 11 is 0. The molecule has 0 unspecified atom stereocenters. The van der Waals surface area contributed by atoms with Crippen LogP contribution in [0.2, 0.25) is 0 Å². The summed E-state index contributed by atoms with van der Waals surface area (Å²) in [5, 5.41) is 8.85. The Hall–Kier alpha value is -1.63. The molecule has 1 rings (SSSR count). The Morgan fingerprint density at radius 2 is 2.06 bits per heavy atom. The number of carboxylic acid groups (broad SMARTS) is 1. The third kappa shape index (κ3) is 2.73. The zero-order valence-electron chi connectivity index (χ0n) is 9.23. The Morgan fingerprint density at radius 3 is 2.47 bits per heavy atom. The molecule has 0 aliphatic rings. The second kappa shape index (κ2) is 4.70. The number of rotatable bonds is 4. The van der Waals surface area contributed by atoms with Gasteiger partial charge in [-0.25, -0.2) is 17.6 Å². The van der Waals surface area contributed by atoms with Gasteiger partial charge in [-0.3, -0.25) is 0 Å². The molecule has 94 valence electrons. The van der Waals surface area contributed by atoms with E-state index in [0.717, 1.165) is 18.4 Å². The van der Waals surface area contributed by atoms with Gasteiger partial charge >= 0.3 is 5.97 Å². The van der Waals surface area contributed by atoms with Gasteiger partial charge in [0.15, 0.2) is 15.7 Å². The standard InChI is InChI=1S/C10H11FO5S/c1-3-16-6-4-5-7(17(2,14)15)9(11)8(6)10(12)13/h4-5H,3H2,1-2H3,(H,12,13). The Balaban J connectivity index is 3.55. The van der Waals surface area contributed by atoms with Crippen LogP contribution in [0.1, 0.15) is 17.3 Å². The highest BCUT2D eigenvalue weighted by molar-refractivity contribution is 7.90. The van der Waals surface area contributed by atoms with Gasteiger partial charge < -0.3 is 9.84 Å². The molecule has 0 fully saturated rings. The maximum atomic E-state index is 13.8. The van der Waals surface area contributed by atoms with Gasteiger partial charge in [0.1, 0.15) is 16.2 Å². The van der Waals surface area contributed by atoms with E-state index in [-0.39, 0.29) is 12.4 Å². The van der Waals surface area contributed by atoms with E-state index in [9.17, 15) is 17.6 Å². The van der Waals surface area contributed by atoms with Gasteiger partial charge in [-0.2, -0.15) is 0 Å². The zero-order chi connectivity index (χ0) is 13.2. The van der Waals surface area contributed by atoms with Crippen LogP contribution in [0.5, 0.6) is 5.75 Å². The monoisotopic (exact) mass is 262 g/mol. The van der Waals surface area contributed by atoms with E-state index < -0.39 is 32.1 Å². The van der Waals surface area contributed by atoms with Crippen LogP contribution in [-0.4, -0.2) is 32.4 Å². The van der Waals surface area contributed by atoms with Crippen molar-refractivity contribution in [1.29, 1.82) is 0 Å². The highest BCUT2D eigenvalue weighted by Gasteiger charge is 2.24. The van der Waals surface area contributed by atoms with Gasteiger partial charge in [0.2, 0.25) is 0 Å². The average Bonchev–Trinajstić information content (AvgIpc) is 2.15. The highest BCUT2D eigenvalue weighted by Crippen LogP contribution is 2.27. The highest BCUT2D eigenvalue weighted by atomic mass is 32.2. The molecule has 1 aromatic rings. The number of carboxylic acids is 1. The molecule has 0 aromatic heterocycles. The Morgan fingerprint density at radius 1 is 1.47 bits per heavy atom. The molecule has 0 bridgehead atoms. The summed E-state index contributed by atoms with van der Waals surface area (Å²) in [6.45, 7) is 1.76. The molecule has 0 radical (unpaired) electrons. The lowest BCUT2D eigenvalue weighted by atomic mass is 10.2. The molecule has 17 heavy (non-hydrogen) atoms. The zero-order valence-corrected chi connectivity index (χ0v) is 10.0. The van der Waals surface area contributed by atoms with E-state index in [0.29, 0.717) is 0 Å². The molecule has 0 saturated carbocycles. The molecule has 0 atom stereocenters. The molecule has 0 heterocycles. The Kier molecular flexibility index (Phi) is 3.72. The van der Waals surface area contributed by atoms with Crippen LogP contribution in [-0.2, 0) is 9.84 Å². The summed E-state index contributed by atoms with van der Waals surface area (Å²) in [5.74, 6) is -3.06. The first-order valence-electron chi connectivity index (χ1n) is 4.67. The third-order valence-electron chi connectivity index (χ3n) is 1.98. The second-order valence-corrected chi connectivity index (χ2v) is 5.25. The lowest BCUT2D eigenvalue weighted by Gasteiger charge is -2.10. The molecule has 0 aliphatic carbocycles. The maximum Gasteiger partial charge on any atom is 0.342 e. The minimum atomic E-state index is -3.82. The predicted molar refractivity (Wildman–Crippen MR) is 57.6 cm³/mol. The third-order valence-corrected chi connectivity index (χ3v) is 3.10. The van der Waals surface area contributed by atoms with Crippen LogP contribution in [0.15, 0.2) is 17.0 Å². The molecule has 0 amide bonds. The lowest BCUT2D eigenvalue weighted by Crippen LogP contribution is -2.10. The molecule has 0 spiro atoms. The minimum absolute atomic E-state index is 0.151. The second-order valence-electron chi connectivity index (χ2n) is 3.26. The quantitative estimate of drug-likeness (QED) is 0.885. The normalized spacial score (nSPS) is 11.2. The number of hydrogen-bond acceptors (Lipinski definition) is 4. The van der Waals surface area contributed by atoms with Gasteiger partial charge in [0.05, 0.1) is 6.61 Å².